The van der Waals surface area contributed by atoms with E-state index in [1.54, 1.807) is 6.07 Å². The van der Waals surface area contributed by atoms with Crippen molar-refractivity contribution in [3.8, 4) is 0 Å². The lowest BCUT2D eigenvalue weighted by Gasteiger charge is -2.08. The molecule has 0 spiro atoms. The molecule has 0 bridgehead atoms. The topological polar surface area (TPSA) is 66.9 Å². The Hall–Kier alpha value is -2.64. The number of hydrogen-bond donors (Lipinski definition) is 2. The van der Waals surface area contributed by atoms with Gasteiger partial charge in [-0.1, -0.05) is 13.8 Å². The number of benzene rings is 1. The fourth-order valence-corrected chi connectivity index (χ4v) is 1.87. The van der Waals surface area contributed by atoms with Gasteiger partial charge in [-0.05, 0) is 36.6 Å². The molecule has 0 atom stereocenters. The molecule has 1 aromatic carbocycles. The molecule has 0 aliphatic carbocycles. The maximum Gasteiger partial charge on any atom is 0.259 e. The largest absolute Gasteiger partial charge is 0.369 e. The fraction of sp³-hybridized carbons (Fsp3) is 0.312. The van der Waals surface area contributed by atoms with E-state index in [4.69, 9.17) is 0 Å². The lowest BCUT2D eigenvalue weighted by atomic mass is 10.1. The maximum absolute atomic E-state index is 13.6. The highest BCUT2D eigenvalue weighted by Crippen LogP contribution is 2.16. The fourth-order valence-electron chi connectivity index (χ4n) is 1.87. The Morgan fingerprint density at radius 3 is 2.33 bits per heavy atom. The van der Waals surface area contributed by atoms with Crippen LogP contribution in [0.15, 0.2) is 24.3 Å². The predicted octanol–water partition coefficient (Wildman–Crippen LogP) is 3.60. The Bertz CT molecular complexity index is 720. The molecule has 2 N–H and O–H groups in total. The third kappa shape index (κ3) is 4.43. The highest BCUT2D eigenvalue weighted by molar-refractivity contribution is 6.03. The molecule has 8 heteroatoms. The van der Waals surface area contributed by atoms with Gasteiger partial charge in [-0.15, -0.1) is 10.2 Å². The number of halogens is 3. The average molecular weight is 338 g/mol. The summed E-state index contributed by atoms with van der Waals surface area (Å²) >= 11 is 0. The second-order valence-electron chi connectivity index (χ2n) is 5.59. The highest BCUT2D eigenvalue weighted by atomic mass is 19.2. The van der Waals surface area contributed by atoms with E-state index in [2.05, 4.69) is 34.7 Å². The third-order valence-electron chi connectivity index (χ3n) is 3.21. The van der Waals surface area contributed by atoms with Gasteiger partial charge in [0.15, 0.2) is 23.3 Å². The Balaban J connectivity index is 2.01. The molecule has 5 nitrogen and oxygen atoms in total. The first-order chi connectivity index (χ1) is 11.4. The quantitative estimate of drug-likeness (QED) is 0.790. The molecule has 0 saturated heterocycles. The lowest BCUT2D eigenvalue weighted by molar-refractivity contribution is 0.102. The van der Waals surface area contributed by atoms with E-state index in [0.29, 0.717) is 17.8 Å². The molecular formula is C16H17F3N4O. The number of hydrogen-bond acceptors (Lipinski definition) is 4. The van der Waals surface area contributed by atoms with E-state index < -0.39 is 28.9 Å². The van der Waals surface area contributed by atoms with Crippen LogP contribution >= 0.6 is 0 Å². The number of amides is 1. The van der Waals surface area contributed by atoms with Crippen LogP contribution in [0.4, 0.5) is 24.8 Å². The molecule has 1 heterocycles. The van der Waals surface area contributed by atoms with Crippen LogP contribution in [0.3, 0.4) is 0 Å². The van der Waals surface area contributed by atoms with Crippen LogP contribution < -0.4 is 10.6 Å². The Kier molecular flexibility index (Phi) is 5.73. The van der Waals surface area contributed by atoms with E-state index in [0.717, 1.165) is 19.0 Å². The van der Waals surface area contributed by atoms with E-state index in [1.807, 2.05) is 0 Å². The summed E-state index contributed by atoms with van der Waals surface area (Å²) < 4.78 is 39.6. The van der Waals surface area contributed by atoms with Gasteiger partial charge in [0.25, 0.3) is 5.91 Å². The summed E-state index contributed by atoms with van der Waals surface area (Å²) in [5.74, 6) is -4.39. The second-order valence-corrected chi connectivity index (χ2v) is 5.59. The first-order valence-corrected chi connectivity index (χ1v) is 7.41. The summed E-state index contributed by atoms with van der Waals surface area (Å²) in [6, 6.07) is 4.62. The van der Waals surface area contributed by atoms with E-state index in [-0.39, 0.29) is 5.82 Å². The van der Waals surface area contributed by atoms with Crippen molar-refractivity contribution in [1.82, 2.24) is 10.2 Å². The second kappa shape index (κ2) is 7.76. The number of carbonyl (C=O) groups is 1. The molecule has 0 saturated carbocycles. The van der Waals surface area contributed by atoms with Crippen LogP contribution in [-0.4, -0.2) is 22.6 Å². The Morgan fingerprint density at radius 1 is 1.04 bits per heavy atom. The highest BCUT2D eigenvalue weighted by Gasteiger charge is 2.19. The number of carbonyl (C=O) groups excluding carboxylic acids is 1. The van der Waals surface area contributed by atoms with Crippen LogP contribution in [0, 0.1) is 23.4 Å². The molecule has 0 unspecified atom stereocenters. The number of nitrogens with zero attached hydrogens (tertiary/aromatic N) is 2. The molecule has 0 radical (unpaired) electrons. The van der Waals surface area contributed by atoms with Gasteiger partial charge in [0, 0.05) is 6.54 Å². The number of nitrogens with one attached hydrogen (secondary N) is 2. The normalized spacial score (nSPS) is 10.8. The lowest BCUT2D eigenvalue weighted by Crippen LogP contribution is -2.16. The summed E-state index contributed by atoms with van der Waals surface area (Å²) in [5, 5.41) is 13.0. The summed E-state index contributed by atoms with van der Waals surface area (Å²) in [6.07, 6.45) is 0.968. The van der Waals surface area contributed by atoms with Gasteiger partial charge in [-0.3, -0.25) is 4.79 Å². The van der Waals surface area contributed by atoms with Crippen molar-refractivity contribution in [2.24, 2.45) is 5.92 Å². The zero-order valence-electron chi connectivity index (χ0n) is 13.2. The molecule has 2 rings (SSSR count). The first-order valence-electron chi connectivity index (χ1n) is 7.41. The standard InChI is InChI=1S/C16H17F3N4O/c1-9(2)7-8-20-12-5-6-13(23-22-12)21-16(24)10-3-4-11(17)15(19)14(10)18/h3-6,9H,7-8H2,1-2H3,(H,20,22)(H,21,23,24). The summed E-state index contributed by atoms with van der Waals surface area (Å²) in [7, 11) is 0. The summed E-state index contributed by atoms with van der Waals surface area (Å²) in [6.45, 7) is 4.94. The summed E-state index contributed by atoms with van der Waals surface area (Å²) in [5.41, 5.74) is -0.616. The monoisotopic (exact) mass is 338 g/mol. The smallest absolute Gasteiger partial charge is 0.259 e. The van der Waals surface area contributed by atoms with Crippen LogP contribution in [0.1, 0.15) is 30.6 Å². The van der Waals surface area contributed by atoms with Gasteiger partial charge in [-0.2, -0.15) is 0 Å². The van der Waals surface area contributed by atoms with E-state index in [1.165, 1.54) is 6.07 Å². The zero-order chi connectivity index (χ0) is 17.7. The van der Waals surface area contributed by atoms with E-state index in [9.17, 15) is 18.0 Å². The van der Waals surface area contributed by atoms with Crippen molar-refractivity contribution < 1.29 is 18.0 Å². The molecule has 0 aliphatic rings. The van der Waals surface area contributed by atoms with Gasteiger partial charge in [-0.25, -0.2) is 13.2 Å². The van der Waals surface area contributed by atoms with Crippen LogP contribution in [0.5, 0.6) is 0 Å². The van der Waals surface area contributed by atoms with Crippen molar-refractivity contribution in [3.63, 3.8) is 0 Å². The molecular weight excluding hydrogens is 321 g/mol. The molecule has 2 aromatic rings. The van der Waals surface area contributed by atoms with Crippen LogP contribution in [0.25, 0.3) is 0 Å². The molecule has 128 valence electrons. The number of rotatable bonds is 6. The summed E-state index contributed by atoms with van der Waals surface area (Å²) in [4.78, 5) is 11.9. The molecule has 1 amide bonds. The Morgan fingerprint density at radius 2 is 1.71 bits per heavy atom. The maximum atomic E-state index is 13.6. The SMILES string of the molecule is CC(C)CCNc1ccc(NC(=O)c2ccc(F)c(F)c2F)nn1. The molecule has 0 aliphatic heterocycles. The van der Waals surface area contributed by atoms with Crippen molar-refractivity contribution in [1.29, 1.82) is 0 Å². The van der Waals surface area contributed by atoms with Crippen LogP contribution in [0.2, 0.25) is 0 Å². The molecule has 24 heavy (non-hydrogen) atoms. The molecule has 0 fully saturated rings. The van der Waals surface area contributed by atoms with Gasteiger partial charge in [0.2, 0.25) is 0 Å². The van der Waals surface area contributed by atoms with Crippen LogP contribution in [-0.2, 0) is 0 Å². The predicted molar refractivity (Wildman–Crippen MR) is 84.2 cm³/mol. The minimum absolute atomic E-state index is 0.0681. The van der Waals surface area contributed by atoms with Crippen molar-refractivity contribution in [2.75, 3.05) is 17.2 Å². The van der Waals surface area contributed by atoms with E-state index >= 15 is 0 Å². The number of aromatic nitrogens is 2. The zero-order valence-corrected chi connectivity index (χ0v) is 13.2. The number of anilines is 2. The van der Waals surface area contributed by atoms with Crippen molar-refractivity contribution in [2.45, 2.75) is 20.3 Å². The van der Waals surface area contributed by atoms with Gasteiger partial charge >= 0.3 is 0 Å². The Labute approximate surface area is 137 Å². The molecule has 1 aromatic heterocycles. The third-order valence-corrected chi connectivity index (χ3v) is 3.21. The first kappa shape index (κ1) is 17.7. The minimum atomic E-state index is -1.70. The van der Waals surface area contributed by atoms with Crippen molar-refractivity contribution in [3.05, 3.63) is 47.3 Å². The van der Waals surface area contributed by atoms with Gasteiger partial charge in [0.05, 0.1) is 5.56 Å². The minimum Gasteiger partial charge on any atom is -0.369 e. The average Bonchev–Trinajstić information content (AvgIpc) is 2.54. The van der Waals surface area contributed by atoms with Crippen molar-refractivity contribution >= 4 is 17.5 Å². The van der Waals surface area contributed by atoms with Gasteiger partial charge in [0.1, 0.15) is 5.82 Å². The van der Waals surface area contributed by atoms with Gasteiger partial charge < -0.3 is 10.6 Å².